The summed E-state index contributed by atoms with van der Waals surface area (Å²) >= 11 is 0. The maximum Gasteiger partial charge on any atom is 0.272 e. The minimum absolute atomic E-state index is 0.0526. The molecule has 0 unspecified atom stereocenters. The van der Waals surface area contributed by atoms with Crippen LogP contribution in [0.5, 0.6) is 0 Å². The summed E-state index contributed by atoms with van der Waals surface area (Å²) in [4.78, 5) is 18.0. The first-order chi connectivity index (χ1) is 8.63. The molecule has 1 amide bonds. The molecule has 2 rings (SSSR count). The van der Waals surface area contributed by atoms with Gasteiger partial charge in [0.2, 0.25) is 0 Å². The molecule has 3 N–H and O–H groups in total. The van der Waals surface area contributed by atoms with E-state index in [1.165, 1.54) is 0 Å². The van der Waals surface area contributed by atoms with Crippen molar-refractivity contribution in [1.29, 1.82) is 0 Å². The Bertz CT molecular complexity index is 464. The molecule has 18 heavy (non-hydrogen) atoms. The van der Waals surface area contributed by atoms with Crippen molar-refractivity contribution in [2.45, 2.75) is 25.3 Å². The molecule has 0 spiro atoms. The van der Waals surface area contributed by atoms with Crippen molar-refractivity contribution in [3.05, 3.63) is 18.2 Å². The summed E-state index contributed by atoms with van der Waals surface area (Å²) < 4.78 is 1.70. The van der Waals surface area contributed by atoms with Gasteiger partial charge in [0.05, 0.1) is 12.5 Å². The van der Waals surface area contributed by atoms with Gasteiger partial charge in [-0.05, 0) is 12.8 Å². The van der Waals surface area contributed by atoms with Gasteiger partial charge in [0.25, 0.3) is 5.91 Å². The molecule has 7 heteroatoms. The van der Waals surface area contributed by atoms with Crippen molar-refractivity contribution in [2.75, 3.05) is 6.54 Å². The number of carbonyl (C=O) groups is 1. The van der Waals surface area contributed by atoms with Crippen molar-refractivity contribution < 1.29 is 10.0 Å². The maximum absolute atomic E-state index is 12.3. The van der Waals surface area contributed by atoms with E-state index < -0.39 is 0 Å². The summed E-state index contributed by atoms with van der Waals surface area (Å²) in [6.07, 6.45) is 5.55. The molecule has 0 bridgehead atoms. The number of nitrogens with zero attached hydrogens (tertiary/aromatic N) is 4. The molecule has 1 aliphatic rings. The summed E-state index contributed by atoms with van der Waals surface area (Å²) in [5.74, 6) is 0.0849. The Balaban J connectivity index is 2.06. The lowest BCUT2D eigenvalue weighted by Gasteiger charge is -2.22. The highest BCUT2D eigenvalue weighted by Crippen LogP contribution is 2.28. The smallest absolute Gasteiger partial charge is 0.272 e. The molecule has 7 nitrogen and oxygen atoms in total. The highest BCUT2D eigenvalue weighted by molar-refractivity contribution is 5.93. The van der Waals surface area contributed by atoms with Gasteiger partial charge in [0, 0.05) is 26.1 Å². The number of aromatic nitrogens is 2. The lowest BCUT2D eigenvalue weighted by Crippen LogP contribution is -2.36. The fourth-order valence-corrected chi connectivity index (χ4v) is 1.83. The lowest BCUT2D eigenvalue weighted by atomic mass is 10.3. The second kappa shape index (κ2) is 5.07. The van der Waals surface area contributed by atoms with E-state index in [0.717, 1.165) is 12.8 Å². The van der Waals surface area contributed by atoms with E-state index in [-0.39, 0.29) is 17.8 Å². The molecule has 0 aliphatic heterocycles. The fraction of sp³-hybridized carbons (Fsp3) is 0.545. The normalized spacial score (nSPS) is 15.7. The van der Waals surface area contributed by atoms with Gasteiger partial charge in [-0.15, -0.1) is 0 Å². The van der Waals surface area contributed by atoms with Crippen LogP contribution >= 0.6 is 0 Å². The maximum atomic E-state index is 12.3. The predicted molar refractivity (Wildman–Crippen MR) is 65.3 cm³/mol. The molecule has 1 fully saturated rings. The molecular formula is C11H17N5O2. The van der Waals surface area contributed by atoms with Crippen LogP contribution in [0.1, 0.15) is 29.8 Å². The van der Waals surface area contributed by atoms with E-state index in [4.69, 9.17) is 10.9 Å². The Morgan fingerprint density at radius 2 is 2.44 bits per heavy atom. The third kappa shape index (κ3) is 2.61. The van der Waals surface area contributed by atoms with E-state index >= 15 is 0 Å². The average Bonchev–Trinajstić information content (AvgIpc) is 3.10. The van der Waals surface area contributed by atoms with Crippen LogP contribution in [0.3, 0.4) is 0 Å². The molecule has 1 heterocycles. The first kappa shape index (κ1) is 12.4. The number of imidazole rings is 1. The van der Waals surface area contributed by atoms with Crippen LogP contribution in [0.4, 0.5) is 0 Å². The molecule has 1 aromatic rings. The van der Waals surface area contributed by atoms with Crippen LogP contribution in [0.25, 0.3) is 0 Å². The summed E-state index contributed by atoms with van der Waals surface area (Å²) in [6.45, 7) is 0.463. The van der Waals surface area contributed by atoms with Crippen LogP contribution in [0, 0.1) is 0 Å². The van der Waals surface area contributed by atoms with Crippen molar-refractivity contribution >= 4 is 11.7 Å². The minimum Gasteiger partial charge on any atom is -0.409 e. The lowest BCUT2D eigenvalue weighted by molar-refractivity contribution is 0.0737. The average molecular weight is 251 g/mol. The van der Waals surface area contributed by atoms with Gasteiger partial charge in [0.15, 0.2) is 0 Å². The highest BCUT2D eigenvalue weighted by Gasteiger charge is 2.33. The van der Waals surface area contributed by atoms with E-state index in [2.05, 4.69) is 10.1 Å². The summed E-state index contributed by atoms with van der Waals surface area (Å²) in [6, 6.07) is 0.277. The third-order valence-electron chi connectivity index (χ3n) is 3.02. The number of amides is 1. The van der Waals surface area contributed by atoms with Gasteiger partial charge in [-0.25, -0.2) is 4.98 Å². The van der Waals surface area contributed by atoms with Crippen molar-refractivity contribution in [2.24, 2.45) is 17.9 Å². The number of rotatable bonds is 5. The van der Waals surface area contributed by atoms with Crippen molar-refractivity contribution in [3.63, 3.8) is 0 Å². The number of nitrogens with two attached hydrogens (primary N) is 1. The Morgan fingerprint density at radius 3 is 2.94 bits per heavy atom. The van der Waals surface area contributed by atoms with Gasteiger partial charge in [0.1, 0.15) is 11.5 Å². The van der Waals surface area contributed by atoms with Crippen LogP contribution in [0.15, 0.2) is 17.7 Å². The zero-order chi connectivity index (χ0) is 13.1. The van der Waals surface area contributed by atoms with E-state index in [1.807, 2.05) is 0 Å². The highest BCUT2D eigenvalue weighted by atomic mass is 16.4. The monoisotopic (exact) mass is 251 g/mol. The Morgan fingerprint density at radius 1 is 1.72 bits per heavy atom. The fourth-order valence-electron chi connectivity index (χ4n) is 1.83. The predicted octanol–water partition coefficient (Wildman–Crippen LogP) is 0.161. The van der Waals surface area contributed by atoms with E-state index in [9.17, 15) is 4.79 Å². The van der Waals surface area contributed by atoms with Gasteiger partial charge < -0.3 is 20.4 Å². The number of carbonyl (C=O) groups excluding carboxylic acids is 1. The van der Waals surface area contributed by atoms with E-state index in [0.29, 0.717) is 18.7 Å². The molecule has 0 atom stereocenters. The van der Waals surface area contributed by atoms with E-state index in [1.54, 1.807) is 29.0 Å². The SMILES string of the molecule is Cn1cncc1C(=O)N(CC/C(N)=N/O)C1CC1. The molecular weight excluding hydrogens is 234 g/mol. The third-order valence-corrected chi connectivity index (χ3v) is 3.02. The number of oxime groups is 1. The van der Waals surface area contributed by atoms with Crippen LogP contribution in [-0.4, -0.2) is 44.0 Å². The quantitative estimate of drug-likeness (QED) is 0.337. The van der Waals surface area contributed by atoms with Gasteiger partial charge >= 0.3 is 0 Å². The van der Waals surface area contributed by atoms with Gasteiger partial charge in [-0.3, -0.25) is 4.79 Å². The molecule has 1 aromatic heterocycles. The van der Waals surface area contributed by atoms with Crippen molar-refractivity contribution in [1.82, 2.24) is 14.5 Å². The number of aryl methyl sites for hydroxylation is 1. The molecule has 1 saturated carbocycles. The van der Waals surface area contributed by atoms with Gasteiger partial charge in [-0.2, -0.15) is 0 Å². The largest absolute Gasteiger partial charge is 0.409 e. The molecule has 0 aromatic carbocycles. The molecule has 0 saturated heterocycles. The molecule has 0 radical (unpaired) electrons. The van der Waals surface area contributed by atoms with Crippen molar-refractivity contribution in [3.8, 4) is 0 Å². The Labute approximate surface area is 105 Å². The molecule has 98 valence electrons. The summed E-state index contributed by atoms with van der Waals surface area (Å²) in [5.41, 5.74) is 5.99. The zero-order valence-corrected chi connectivity index (χ0v) is 10.3. The topological polar surface area (TPSA) is 96.7 Å². The van der Waals surface area contributed by atoms with Crippen LogP contribution in [-0.2, 0) is 7.05 Å². The Kier molecular flexibility index (Phi) is 3.50. The second-order valence-electron chi connectivity index (χ2n) is 4.46. The van der Waals surface area contributed by atoms with Gasteiger partial charge in [-0.1, -0.05) is 5.16 Å². The first-order valence-electron chi connectivity index (χ1n) is 5.87. The molecule has 1 aliphatic carbocycles. The number of hydrogen-bond donors (Lipinski definition) is 2. The standard InChI is InChI=1S/C11H17N5O2/c1-15-7-13-6-9(15)11(17)16(8-2-3-8)5-4-10(12)14-18/h6-8,18H,2-5H2,1H3,(H2,12,14). The number of hydrogen-bond acceptors (Lipinski definition) is 4. The van der Waals surface area contributed by atoms with Crippen LogP contribution in [0.2, 0.25) is 0 Å². The Hall–Kier alpha value is -2.05. The summed E-state index contributed by atoms with van der Waals surface area (Å²) in [7, 11) is 1.79. The second-order valence-corrected chi connectivity index (χ2v) is 4.46. The van der Waals surface area contributed by atoms with Crippen LogP contribution < -0.4 is 5.73 Å². The number of amidine groups is 1. The first-order valence-corrected chi connectivity index (χ1v) is 5.87. The summed E-state index contributed by atoms with van der Waals surface area (Å²) in [5, 5.41) is 11.4. The minimum atomic E-state index is -0.0526. The zero-order valence-electron chi connectivity index (χ0n) is 10.3.